The van der Waals surface area contributed by atoms with Crippen LogP contribution in [-0.4, -0.2) is 269 Å². The maximum atomic E-state index is 15.5. The number of Topliss-reactive ketones (excluding diaryl/α,β-unsaturated/α-hetero) is 2. The van der Waals surface area contributed by atoms with Crippen LogP contribution in [-0.2, 0) is 102 Å². The number of hydrogen-bond donors (Lipinski definition) is 14. The number of fused-ring (bicyclic) bond motifs is 6. The summed E-state index contributed by atoms with van der Waals surface area (Å²) in [6.07, 6.45) is 5.30. The van der Waals surface area contributed by atoms with E-state index in [1.54, 1.807) is 50.3 Å². The number of alkyl carbamates (subject to hydrolysis) is 1. The molecule has 0 spiro atoms. The number of methoxy groups -OCH3 is 2. The van der Waals surface area contributed by atoms with Crippen molar-refractivity contribution >= 4 is 143 Å². The molecule has 762 valence electrons. The van der Waals surface area contributed by atoms with Crippen LogP contribution in [0.15, 0.2) is 121 Å². The second-order valence-corrected chi connectivity index (χ2v) is 42.1. The average Bonchev–Trinajstić information content (AvgIpc) is 1.57. The van der Waals surface area contributed by atoms with E-state index in [1.807, 2.05) is 73.7 Å². The largest absolute Gasteiger partial charge is 0.508 e. The molecule has 39 heteroatoms. The van der Waals surface area contributed by atoms with Gasteiger partial charge >= 0.3 is 12.1 Å². The first-order chi connectivity index (χ1) is 66.4. The zero-order chi connectivity index (χ0) is 101. The van der Waals surface area contributed by atoms with Gasteiger partial charge in [-0.25, -0.2) is 9.59 Å². The number of rotatable bonds is 41. The number of ketones is 2. The predicted molar refractivity (Wildman–Crippen MR) is 538 cm³/mol. The molecule has 34 nitrogen and oxygen atoms in total. The number of aromatic hydroxyl groups is 1. The number of benzene rings is 4. The van der Waals surface area contributed by atoms with Crippen molar-refractivity contribution in [3.8, 4) is 11.5 Å². The summed E-state index contributed by atoms with van der Waals surface area (Å²) in [5, 5.41) is 70.5. The first kappa shape index (κ1) is 113. The minimum atomic E-state index is -1.93. The van der Waals surface area contributed by atoms with Crippen LogP contribution in [0.5, 0.6) is 11.5 Å². The monoisotopic (exact) mass is 2020 g/mol. The molecule has 4 bridgehead atoms. The zero-order valence-electron chi connectivity index (χ0n) is 81.1. The van der Waals surface area contributed by atoms with Gasteiger partial charge in [-0.15, -0.1) is 0 Å². The van der Waals surface area contributed by atoms with Crippen LogP contribution in [0.25, 0.3) is 5.57 Å². The van der Waals surface area contributed by atoms with Crippen molar-refractivity contribution in [2.24, 2.45) is 17.6 Å². The van der Waals surface area contributed by atoms with Crippen LogP contribution < -0.4 is 63.2 Å². The van der Waals surface area contributed by atoms with Crippen LogP contribution in [0.2, 0.25) is 5.02 Å². The molecule has 18 atom stereocenters. The number of carbonyl (C=O) groups is 13. The third-order valence-electron chi connectivity index (χ3n) is 25.7. The van der Waals surface area contributed by atoms with Crippen molar-refractivity contribution in [2.45, 2.75) is 280 Å². The lowest BCUT2D eigenvalue weighted by Gasteiger charge is -2.42. The predicted octanol–water partition coefficient (Wildman–Crippen LogP) is 8.45. The number of unbranched alkanes of at least 4 members (excludes halogenated alkanes) is 6. The number of nitrogens with one attached hydrogen (secondary N) is 9. The number of allylic oxidation sites excluding steroid dienone is 4. The maximum Gasteiger partial charge on any atom is 0.409 e. The summed E-state index contributed by atoms with van der Waals surface area (Å²) in [6.45, 7) is 12.1. The zero-order valence-corrected chi connectivity index (χ0v) is 85.1. The highest BCUT2D eigenvalue weighted by atomic mass is 35.5. The smallest absolute Gasteiger partial charge is 0.409 e. The molecular formula is C100H139ClN12O22S4. The molecule has 3 saturated heterocycles. The number of anilines is 1. The fourth-order valence-electron chi connectivity index (χ4n) is 17.2. The number of phenols is 1. The Morgan fingerprint density at radius 2 is 1.47 bits per heavy atom. The molecule has 0 unspecified atom stereocenters. The molecule has 0 aromatic heterocycles. The molecule has 4 aliphatic heterocycles. The van der Waals surface area contributed by atoms with Crippen molar-refractivity contribution in [1.29, 1.82) is 0 Å². The Labute approximate surface area is 834 Å². The van der Waals surface area contributed by atoms with Crippen molar-refractivity contribution in [3.05, 3.63) is 154 Å². The number of ether oxygens (including phenoxy) is 5. The highest BCUT2D eigenvalue weighted by molar-refractivity contribution is 8.77. The lowest BCUT2D eigenvalue weighted by molar-refractivity contribution is -0.162. The summed E-state index contributed by atoms with van der Waals surface area (Å²) in [4.78, 5) is 191. The average molecular weight is 2020 g/mol. The van der Waals surface area contributed by atoms with Gasteiger partial charge in [-0.05, 0) is 163 Å². The molecule has 0 saturated carbocycles. The van der Waals surface area contributed by atoms with Gasteiger partial charge in [0.25, 0.3) is 0 Å². The first-order valence-electron chi connectivity index (χ1n) is 47.8. The molecule has 3 fully saturated rings. The number of nitrogens with zero attached hydrogens (tertiary/aromatic N) is 2. The van der Waals surface area contributed by atoms with Gasteiger partial charge in [-0.1, -0.05) is 197 Å². The fourth-order valence-corrected chi connectivity index (χ4v) is 21.9. The van der Waals surface area contributed by atoms with E-state index >= 15 is 19.2 Å². The summed E-state index contributed by atoms with van der Waals surface area (Å²) in [5.74, 6) is -9.97. The third kappa shape index (κ3) is 33.8. The number of esters is 1. The van der Waals surface area contributed by atoms with Gasteiger partial charge in [-0.3, -0.25) is 58.1 Å². The number of carbonyl (C=O) groups excluding carboxylic acids is 13. The summed E-state index contributed by atoms with van der Waals surface area (Å²) in [6, 6.07) is 15.4. The Kier molecular flexibility index (Phi) is 45.3. The topological polar surface area (TPSA) is 493 Å². The molecule has 4 aromatic carbocycles. The van der Waals surface area contributed by atoms with E-state index in [4.69, 9.17) is 41.0 Å². The maximum absolute atomic E-state index is 15.5. The second kappa shape index (κ2) is 55.7. The van der Waals surface area contributed by atoms with Crippen molar-refractivity contribution in [1.82, 2.24) is 52.8 Å². The third-order valence-corrected chi connectivity index (χ3v) is 31.0. The highest BCUT2D eigenvalue weighted by Gasteiger charge is 2.65. The Hall–Kier alpha value is -9.58. The van der Waals surface area contributed by atoms with Gasteiger partial charge in [0, 0.05) is 101 Å². The molecule has 10 amide bonds. The molecule has 4 heterocycles. The van der Waals surface area contributed by atoms with Crippen LogP contribution in [0.4, 0.5) is 10.5 Å². The molecule has 0 radical (unpaired) electrons. The number of likely N-dealkylation sites (N-methyl/N-ethyl adjacent to an activating group) is 1. The molecule has 139 heavy (non-hydrogen) atoms. The Bertz CT molecular complexity index is 4960. The van der Waals surface area contributed by atoms with E-state index in [-0.39, 0.29) is 111 Å². The SMILES string of the molecule is CCCCCCCCN[C@H](Cc1ccccc1)C(=O)N[C@H]1CSSC[C@@H](C(=O)N[C@H](C(=O)CCCNC(=O)CCSSCCC(=O)N(C)[C@@H](C)C(=O)O[C@H]2CC(=O)N(C)c3cc(cc(OC)c3Cl)C/C(C)=C/C=C/[C@@H](OC)[C@@]3(O)C[C@H](OC(=O)N3)[C@@H](C)[C@@H]3O[C@@]23C)[C@@H](C)O)NC(=O)[C@H]([C@@H](C)O)NC(=O)[C@H](CCCCN)NC(=O)[C@@H](CC2=CCc3ccccc32)NC(=O)[C@H](Cc2ccc(O)cc2)CC1=O. The number of aliphatic hydroxyl groups is 3. The van der Waals surface area contributed by atoms with E-state index < -0.39 is 192 Å². The molecular weight excluding hydrogens is 1880 g/mol. The van der Waals surface area contributed by atoms with E-state index in [2.05, 4.69) is 54.8 Å². The quantitative estimate of drug-likeness (QED) is 0.00857. The Morgan fingerprint density at radius 3 is 2.18 bits per heavy atom. The van der Waals surface area contributed by atoms with Gasteiger partial charge in [0.1, 0.15) is 76.7 Å². The van der Waals surface area contributed by atoms with Gasteiger partial charge in [0.15, 0.2) is 17.3 Å². The van der Waals surface area contributed by atoms with Crippen LogP contribution >= 0.6 is 54.8 Å². The fraction of sp³-hybridized carbons (Fsp3) is 0.570. The van der Waals surface area contributed by atoms with Crippen molar-refractivity contribution in [3.63, 3.8) is 0 Å². The number of epoxide rings is 1. The van der Waals surface area contributed by atoms with Crippen molar-refractivity contribution < 1.29 is 106 Å². The van der Waals surface area contributed by atoms with Gasteiger partial charge < -0.3 is 102 Å². The summed E-state index contributed by atoms with van der Waals surface area (Å²) in [5.41, 5.74) is 8.49. The Balaban J connectivity index is 0.843. The summed E-state index contributed by atoms with van der Waals surface area (Å²) >= 11 is 6.89. The van der Waals surface area contributed by atoms with E-state index in [1.165, 1.54) is 92.6 Å². The number of nitrogens with two attached hydrogens (primary N) is 1. The Morgan fingerprint density at radius 1 is 0.784 bits per heavy atom. The molecule has 1 aliphatic carbocycles. The minimum absolute atomic E-state index is 0.000135. The lowest BCUT2D eigenvalue weighted by atomic mass is 9.83. The van der Waals surface area contributed by atoms with E-state index in [0.717, 1.165) is 93.5 Å². The highest BCUT2D eigenvalue weighted by Crippen LogP contribution is 2.50. The van der Waals surface area contributed by atoms with Crippen molar-refractivity contribution in [2.75, 3.05) is 75.9 Å². The van der Waals surface area contributed by atoms with Crippen LogP contribution in [0.3, 0.4) is 0 Å². The van der Waals surface area contributed by atoms with Crippen LogP contribution in [0.1, 0.15) is 185 Å². The standard InChI is InChI=1S/C100H139ClN12O22S4/c1-12-13-14-15-16-24-44-103-73(50-64-28-18-17-19-29-64)93(124)107-75-57-138-139-58-76(108-96(127)89(63(6)115)110-92(123)72(32-22-23-43-102)105-94(125)74(53-68-38-37-67-30-20-21-31-71(67)68)106-91(122)69(54-79(75)118)49-65-35-39-70(116)40-36-65)95(126)109-88(62(5)114)78(117)33-26-45-104-84(119)41-46-136-137-47-42-85(120)112(8)61(4)97(128)134-83-55-86(121)113(9)77-51-66(52-80(131-10)87(77)101)48-59(2)27-25-34-82(132-11)100(130)56-81(133-98(129)111-100)60(3)90-99(83,7)135-90/h17-21,25,27-31,34-36,38-40,51-52,60-63,69,72-76,81-83,88-90,103,114-116,130H,12-16,22-24,26,32-33,37,41-50,53-58,102H2,1-11H3,(H,104,119)(H,105,125)(H,106,122)(H,107,124)(H,108,127)(H,109,126)(H,110,123)(H,111,129)/b34-25+,59-27+/t60-,61+,62-,63-,69-,72+,73-,74-,75+,76+,81+,82-,83+,88+,89+,90+,99+,100+/m1/s1. The number of hydrogen-bond acceptors (Lipinski definition) is 28. The number of aliphatic hydroxyl groups excluding tert-OH is 2. The van der Waals surface area contributed by atoms with E-state index in [0.29, 0.717) is 48.6 Å². The van der Waals surface area contributed by atoms with Gasteiger partial charge in [0.05, 0.1) is 49.6 Å². The number of halogens is 1. The number of amides is 10. The molecule has 5 aliphatic rings. The van der Waals surface area contributed by atoms with E-state index in [9.17, 15) is 63.6 Å². The molecule has 9 rings (SSSR count). The first-order valence-corrected chi connectivity index (χ1v) is 53.1. The lowest BCUT2D eigenvalue weighted by Crippen LogP contribution is -2.63. The van der Waals surface area contributed by atoms with Gasteiger partial charge in [-0.2, -0.15) is 0 Å². The summed E-state index contributed by atoms with van der Waals surface area (Å²) in [7, 11) is 10.5. The summed E-state index contributed by atoms with van der Waals surface area (Å²) < 4.78 is 29.7. The minimum Gasteiger partial charge on any atom is -0.508 e. The van der Waals surface area contributed by atoms with Crippen LogP contribution in [0, 0.1) is 11.8 Å². The second-order valence-electron chi connectivity index (χ2n) is 36.5. The normalized spacial score (nSPS) is 25.3. The van der Waals surface area contributed by atoms with Gasteiger partial charge in [0.2, 0.25) is 53.2 Å². The molecule has 15 N–H and O–H groups in total. The number of phenolic OH excluding ortho intramolecular Hbond substituents is 1. The molecule has 4 aromatic rings.